The molecule has 2 nitrogen and oxygen atoms in total. The summed E-state index contributed by atoms with van der Waals surface area (Å²) in [5.74, 6) is 0. The molecule has 0 spiro atoms. The fraction of sp³-hybridized carbons (Fsp3) is 0.188. The number of nitriles is 1. The number of aryl methyl sites for hydroxylation is 1. The first-order valence-corrected chi connectivity index (χ1v) is 7.17. The van der Waals surface area contributed by atoms with E-state index in [0.29, 0.717) is 10.6 Å². The Balaban J connectivity index is 1.86. The zero-order valence-electron chi connectivity index (χ0n) is 10.7. The number of nitrogens with one attached hydrogen (secondary N) is 1. The number of fused-ring (bicyclic) bond motifs is 1. The van der Waals surface area contributed by atoms with Gasteiger partial charge in [-0.15, -0.1) is 0 Å². The number of halogens is 2. The lowest BCUT2D eigenvalue weighted by atomic mass is 10.1. The van der Waals surface area contributed by atoms with Gasteiger partial charge in [-0.3, -0.25) is 0 Å². The van der Waals surface area contributed by atoms with Crippen molar-refractivity contribution in [1.82, 2.24) is 0 Å². The molecule has 0 amide bonds. The molecule has 4 heteroatoms. The Morgan fingerprint density at radius 2 is 2.00 bits per heavy atom. The van der Waals surface area contributed by atoms with Crippen LogP contribution in [0.25, 0.3) is 0 Å². The molecular formula is C16H12Cl2N2. The summed E-state index contributed by atoms with van der Waals surface area (Å²) in [6, 6.07) is 13.6. The van der Waals surface area contributed by atoms with Crippen LogP contribution in [-0.2, 0) is 6.42 Å². The smallest absolute Gasteiger partial charge is 0.0992 e. The molecule has 2 aromatic rings. The van der Waals surface area contributed by atoms with Crippen LogP contribution in [0.5, 0.6) is 0 Å². The van der Waals surface area contributed by atoms with E-state index in [-0.39, 0.29) is 6.04 Å². The summed E-state index contributed by atoms with van der Waals surface area (Å²) in [5, 5.41) is 13.7. The zero-order chi connectivity index (χ0) is 14.1. The van der Waals surface area contributed by atoms with Gasteiger partial charge in [0.25, 0.3) is 0 Å². The van der Waals surface area contributed by atoms with Crippen molar-refractivity contribution in [2.45, 2.75) is 18.9 Å². The third-order valence-corrected chi connectivity index (χ3v) is 4.16. The average Bonchev–Trinajstić information content (AvgIpc) is 2.83. The normalized spacial score (nSPS) is 16.6. The third-order valence-electron chi connectivity index (χ3n) is 3.61. The van der Waals surface area contributed by atoms with Crippen LogP contribution in [-0.4, -0.2) is 0 Å². The van der Waals surface area contributed by atoms with Gasteiger partial charge in [0.15, 0.2) is 0 Å². The monoisotopic (exact) mass is 302 g/mol. The fourth-order valence-corrected chi connectivity index (χ4v) is 3.06. The number of nitrogens with zero attached hydrogens (tertiary/aromatic N) is 1. The summed E-state index contributed by atoms with van der Waals surface area (Å²) < 4.78 is 0. The lowest BCUT2D eigenvalue weighted by Crippen LogP contribution is -2.07. The molecule has 1 atom stereocenters. The van der Waals surface area contributed by atoms with Crippen LogP contribution < -0.4 is 5.32 Å². The summed E-state index contributed by atoms with van der Waals surface area (Å²) >= 11 is 12.2. The van der Waals surface area contributed by atoms with Crippen LogP contribution in [0, 0.1) is 11.3 Å². The van der Waals surface area contributed by atoms with Crippen LogP contribution in [0.1, 0.15) is 29.2 Å². The minimum Gasteiger partial charge on any atom is -0.377 e. The lowest BCUT2D eigenvalue weighted by molar-refractivity contribution is 0.762. The molecule has 2 aromatic carbocycles. The number of benzene rings is 2. The van der Waals surface area contributed by atoms with Crippen LogP contribution in [0.3, 0.4) is 0 Å². The van der Waals surface area contributed by atoms with Crippen molar-refractivity contribution in [2.24, 2.45) is 0 Å². The zero-order valence-corrected chi connectivity index (χ0v) is 12.2. The van der Waals surface area contributed by atoms with E-state index in [1.54, 1.807) is 12.1 Å². The summed E-state index contributed by atoms with van der Waals surface area (Å²) in [7, 11) is 0. The van der Waals surface area contributed by atoms with Crippen LogP contribution >= 0.6 is 23.2 Å². The number of hydrogen-bond donors (Lipinski definition) is 1. The van der Waals surface area contributed by atoms with Crippen LogP contribution in [0.4, 0.5) is 5.69 Å². The molecule has 1 N–H and O–H groups in total. The Morgan fingerprint density at radius 1 is 1.15 bits per heavy atom. The molecule has 1 aliphatic rings. The molecule has 1 aliphatic carbocycles. The highest BCUT2D eigenvalue weighted by Crippen LogP contribution is 2.36. The van der Waals surface area contributed by atoms with Crippen LogP contribution in [0.15, 0.2) is 36.4 Å². The maximum Gasteiger partial charge on any atom is 0.0992 e. The third kappa shape index (κ3) is 2.47. The molecule has 0 aliphatic heterocycles. The maximum atomic E-state index is 8.85. The topological polar surface area (TPSA) is 35.8 Å². The van der Waals surface area contributed by atoms with Gasteiger partial charge < -0.3 is 5.32 Å². The second-order valence-corrected chi connectivity index (χ2v) is 5.73. The minimum absolute atomic E-state index is 0.243. The molecule has 20 heavy (non-hydrogen) atoms. The first kappa shape index (κ1) is 13.3. The van der Waals surface area contributed by atoms with E-state index in [2.05, 4.69) is 17.5 Å². The maximum absolute atomic E-state index is 8.85. The Hall–Kier alpha value is -1.69. The van der Waals surface area contributed by atoms with E-state index < -0.39 is 0 Å². The second kappa shape index (κ2) is 5.36. The molecule has 0 bridgehead atoms. The Bertz CT molecular complexity index is 704. The van der Waals surface area contributed by atoms with Gasteiger partial charge in [0.05, 0.1) is 28.4 Å². The minimum atomic E-state index is 0.243. The van der Waals surface area contributed by atoms with E-state index >= 15 is 0 Å². The molecule has 3 rings (SSSR count). The van der Waals surface area contributed by atoms with Crippen molar-refractivity contribution in [1.29, 1.82) is 5.26 Å². The predicted octanol–water partition coefficient (Wildman–Crippen LogP) is 4.96. The largest absolute Gasteiger partial charge is 0.377 e. The van der Waals surface area contributed by atoms with Crippen molar-refractivity contribution in [3.05, 3.63) is 63.1 Å². The van der Waals surface area contributed by atoms with Crippen molar-refractivity contribution in [3.8, 4) is 6.07 Å². The standard InChI is InChI=1S/C16H12Cl2N2/c17-12-3-4-13-11(8-12)2-6-15(13)20-16-5-1-10(9-19)7-14(16)18/h1,3-5,7-8,15,20H,2,6H2. The van der Waals surface area contributed by atoms with E-state index in [1.807, 2.05) is 18.2 Å². The highest BCUT2D eigenvalue weighted by molar-refractivity contribution is 6.33. The van der Waals surface area contributed by atoms with Gasteiger partial charge in [-0.05, 0) is 54.3 Å². The molecule has 100 valence electrons. The highest BCUT2D eigenvalue weighted by atomic mass is 35.5. The van der Waals surface area contributed by atoms with E-state index in [9.17, 15) is 0 Å². The quantitative estimate of drug-likeness (QED) is 0.850. The van der Waals surface area contributed by atoms with Crippen LogP contribution in [0.2, 0.25) is 10.0 Å². The van der Waals surface area contributed by atoms with Gasteiger partial charge in [0.1, 0.15) is 0 Å². The number of anilines is 1. The van der Waals surface area contributed by atoms with Gasteiger partial charge in [0, 0.05) is 5.02 Å². The fourth-order valence-electron chi connectivity index (χ4n) is 2.63. The molecule has 0 heterocycles. The second-order valence-electron chi connectivity index (χ2n) is 4.89. The SMILES string of the molecule is N#Cc1ccc(NC2CCc3cc(Cl)ccc32)c(Cl)c1. The number of rotatable bonds is 2. The first-order valence-electron chi connectivity index (χ1n) is 6.42. The van der Waals surface area contributed by atoms with E-state index in [0.717, 1.165) is 23.6 Å². The van der Waals surface area contributed by atoms with E-state index in [1.165, 1.54) is 11.1 Å². The summed E-state index contributed by atoms with van der Waals surface area (Å²) in [5.41, 5.74) is 3.99. The molecule has 0 fully saturated rings. The molecule has 0 saturated heterocycles. The predicted molar refractivity (Wildman–Crippen MR) is 82.3 cm³/mol. The van der Waals surface area contributed by atoms with Gasteiger partial charge in [-0.1, -0.05) is 29.3 Å². The van der Waals surface area contributed by atoms with Crippen molar-refractivity contribution in [3.63, 3.8) is 0 Å². The summed E-state index contributed by atoms with van der Waals surface area (Å²) in [6.45, 7) is 0. The number of hydrogen-bond acceptors (Lipinski definition) is 2. The first-order chi connectivity index (χ1) is 9.67. The van der Waals surface area contributed by atoms with Crippen molar-refractivity contribution >= 4 is 28.9 Å². The van der Waals surface area contributed by atoms with Gasteiger partial charge in [0.2, 0.25) is 0 Å². The van der Waals surface area contributed by atoms with Crippen molar-refractivity contribution < 1.29 is 0 Å². The van der Waals surface area contributed by atoms with Gasteiger partial charge in [-0.25, -0.2) is 0 Å². The Kier molecular flexibility index (Phi) is 3.56. The van der Waals surface area contributed by atoms with Gasteiger partial charge >= 0.3 is 0 Å². The highest BCUT2D eigenvalue weighted by Gasteiger charge is 2.22. The van der Waals surface area contributed by atoms with Crippen molar-refractivity contribution in [2.75, 3.05) is 5.32 Å². The molecule has 0 radical (unpaired) electrons. The summed E-state index contributed by atoms with van der Waals surface area (Å²) in [4.78, 5) is 0. The molecule has 0 aromatic heterocycles. The molecule has 1 unspecified atom stereocenters. The Morgan fingerprint density at radius 3 is 2.75 bits per heavy atom. The summed E-state index contributed by atoms with van der Waals surface area (Å²) in [6.07, 6.45) is 2.04. The Labute approximate surface area is 127 Å². The lowest BCUT2D eigenvalue weighted by Gasteiger charge is -2.16. The molecule has 0 saturated carbocycles. The van der Waals surface area contributed by atoms with E-state index in [4.69, 9.17) is 28.5 Å². The average molecular weight is 303 g/mol. The van der Waals surface area contributed by atoms with Gasteiger partial charge in [-0.2, -0.15) is 5.26 Å². The molecular weight excluding hydrogens is 291 g/mol.